The maximum Gasteiger partial charge on any atom is 0.326 e. The van der Waals surface area contributed by atoms with Gasteiger partial charge in [-0.25, -0.2) is 4.79 Å². The highest BCUT2D eigenvalue weighted by atomic mass is 32.1. The van der Waals surface area contributed by atoms with Crippen LogP contribution in [0.4, 0.5) is 0 Å². The predicted octanol–water partition coefficient (Wildman–Crippen LogP) is 5.91. The summed E-state index contributed by atoms with van der Waals surface area (Å²) in [6.07, 6.45) is 14.1. The molecular formula is C22H35NO2S. The monoisotopic (exact) mass is 377 g/mol. The average Bonchev–Trinajstić information content (AvgIpc) is 2.63. The molecule has 3 nitrogen and oxygen atoms in total. The van der Waals surface area contributed by atoms with E-state index in [0.717, 1.165) is 18.4 Å². The number of nitrogens with one attached hydrogen (secondary N) is 1. The second-order valence-corrected chi connectivity index (χ2v) is 7.57. The molecule has 0 spiro atoms. The molecule has 26 heavy (non-hydrogen) atoms. The van der Waals surface area contributed by atoms with Crippen LogP contribution in [0.3, 0.4) is 0 Å². The average molecular weight is 378 g/mol. The molecule has 2 N–H and O–H groups in total. The molecule has 0 aliphatic rings. The number of unbranched alkanes of at least 4 members (excludes halogenated alkanes) is 9. The fraction of sp³-hybridized carbons (Fsp3) is 0.636. The Labute approximate surface area is 164 Å². The SMILES string of the molecule is CCCCCCCCCCCCC(=S)N[C@@H](Cc1ccccc1)C(=O)O. The van der Waals surface area contributed by atoms with Crippen LogP contribution in [0.5, 0.6) is 0 Å². The highest BCUT2D eigenvalue weighted by molar-refractivity contribution is 7.80. The third-order valence-corrected chi connectivity index (χ3v) is 5.00. The van der Waals surface area contributed by atoms with Crippen molar-refractivity contribution in [2.45, 2.75) is 90.0 Å². The summed E-state index contributed by atoms with van der Waals surface area (Å²) in [4.78, 5) is 12.1. The molecule has 1 aromatic rings. The second-order valence-electron chi connectivity index (χ2n) is 7.08. The molecule has 0 aromatic heterocycles. The van der Waals surface area contributed by atoms with Crippen LogP contribution in [0.25, 0.3) is 0 Å². The molecule has 0 bridgehead atoms. The molecule has 1 aromatic carbocycles. The molecule has 0 saturated carbocycles. The minimum absolute atomic E-state index is 0.453. The van der Waals surface area contributed by atoms with Gasteiger partial charge in [0.2, 0.25) is 0 Å². The van der Waals surface area contributed by atoms with Gasteiger partial charge < -0.3 is 10.4 Å². The Morgan fingerprint density at radius 1 is 0.962 bits per heavy atom. The summed E-state index contributed by atoms with van der Waals surface area (Å²) in [5.74, 6) is -0.848. The fourth-order valence-corrected chi connectivity index (χ4v) is 3.38. The van der Waals surface area contributed by atoms with Crippen LogP contribution in [0, 0.1) is 0 Å². The van der Waals surface area contributed by atoms with Gasteiger partial charge in [0.15, 0.2) is 0 Å². The summed E-state index contributed by atoms with van der Waals surface area (Å²) in [5, 5.41) is 12.4. The lowest BCUT2D eigenvalue weighted by molar-refractivity contribution is -0.139. The van der Waals surface area contributed by atoms with Crippen molar-refractivity contribution < 1.29 is 9.90 Å². The van der Waals surface area contributed by atoms with Gasteiger partial charge in [0, 0.05) is 6.42 Å². The van der Waals surface area contributed by atoms with E-state index in [9.17, 15) is 9.90 Å². The van der Waals surface area contributed by atoms with E-state index in [4.69, 9.17) is 12.2 Å². The number of hydrogen-bond acceptors (Lipinski definition) is 2. The minimum atomic E-state index is -0.848. The first kappa shape index (κ1) is 22.6. The van der Waals surface area contributed by atoms with Gasteiger partial charge in [0.1, 0.15) is 6.04 Å². The van der Waals surface area contributed by atoms with E-state index in [1.54, 1.807) is 0 Å². The van der Waals surface area contributed by atoms with E-state index < -0.39 is 12.0 Å². The van der Waals surface area contributed by atoms with E-state index in [1.807, 2.05) is 30.3 Å². The zero-order valence-electron chi connectivity index (χ0n) is 16.2. The Hall–Kier alpha value is -1.42. The Bertz CT molecular complexity index is 504. The number of rotatable bonds is 15. The molecule has 0 unspecified atom stereocenters. The lowest BCUT2D eigenvalue weighted by Gasteiger charge is -2.16. The number of carboxylic acids is 1. The van der Waals surface area contributed by atoms with E-state index in [0.29, 0.717) is 11.4 Å². The van der Waals surface area contributed by atoms with Crippen LogP contribution in [0.15, 0.2) is 30.3 Å². The molecule has 1 rings (SSSR count). The third kappa shape index (κ3) is 11.2. The summed E-state index contributed by atoms with van der Waals surface area (Å²) < 4.78 is 0. The molecule has 0 radical (unpaired) electrons. The van der Waals surface area contributed by atoms with Crippen molar-refractivity contribution in [1.29, 1.82) is 0 Å². The van der Waals surface area contributed by atoms with Crippen LogP contribution in [-0.4, -0.2) is 22.1 Å². The molecule has 0 aliphatic heterocycles. The van der Waals surface area contributed by atoms with Crippen molar-refractivity contribution in [2.75, 3.05) is 0 Å². The molecule has 0 heterocycles. The molecule has 146 valence electrons. The van der Waals surface area contributed by atoms with E-state index in [2.05, 4.69) is 12.2 Å². The van der Waals surface area contributed by atoms with Gasteiger partial charge in [0.25, 0.3) is 0 Å². The zero-order chi connectivity index (χ0) is 19.0. The Morgan fingerprint density at radius 3 is 2.04 bits per heavy atom. The molecule has 1 atom stereocenters. The quantitative estimate of drug-likeness (QED) is 0.295. The minimum Gasteiger partial charge on any atom is -0.480 e. The number of benzene rings is 1. The first-order valence-electron chi connectivity index (χ1n) is 10.2. The predicted molar refractivity (Wildman–Crippen MR) is 114 cm³/mol. The summed E-state index contributed by atoms with van der Waals surface area (Å²) >= 11 is 5.35. The lowest BCUT2D eigenvalue weighted by Crippen LogP contribution is -2.41. The Kier molecular flexibility index (Phi) is 12.8. The lowest BCUT2D eigenvalue weighted by atomic mass is 10.0. The van der Waals surface area contributed by atoms with Gasteiger partial charge in [-0.1, -0.05) is 107 Å². The summed E-state index contributed by atoms with van der Waals surface area (Å²) in [7, 11) is 0. The number of aliphatic carboxylic acids is 1. The van der Waals surface area contributed by atoms with Gasteiger partial charge in [-0.05, 0) is 18.4 Å². The van der Waals surface area contributed by atoms with Crippen molar-refractivity contribution in [2.24, 2.45) is 0 Å². The van der Waals surface area contributed by atoms with E-state index in [-0.39, 0.29) is 0 Å². The number of carboxylic acid groups (broad SMARTS) is 1. The first-order chi connectivity index (χ1) is 12.6. The summed E-state index contributed by atoms with van der Waals surface area (Å²) in [6.45, 7) is 2.25. The van der Waals surface area contributed by atoms with Gasteiger partial charge in [-0.3, -0.25) is 0 Å². The van der Waals surface area contributed by atoms with Crippen molar-refractivity contribution in [3.8, 4) is 0 Å². The first-order valence-corrected chi connectivity index (χ1v) is 10.6. The normalized spacial score (nSPS) is 11.9. The van der Waals surface area contributed by atoms with E-state index in [1.165, 1.54) is 57.8 Å². The van der Waals surface area contributed by atoms with Crippen molar-refractivity contribution in [1.82, 2.24) is 5.32 Å². The smallest absolute Gasteiger partial charge is 0.326 e. The Morgan fingerprint density at radius 2 is 1.50 bits per heavy atom. The van der Waals surface area contributed by atoms with Gasteiger partial charge in [0.05, 0.1) is 4.99 Å². The summed E-state index contributed by atoms with van der Waals surface area (Å²) in [5.41, 5.74) is 1.01. The number of carbonyl (C=O) groups is 1. The van der Waals surface area contributed by atoms with Crippen LogP contribution < -0.4 is 5.32 Å². The van der Waals surface area contributed by atoms with Crippen LogP contribution in [0.1, 0.15) is 83.1 Å². The molecule has 0 aliphatic carbocycles. The maximum atomic E-state index is 11.5. The third-order valence-electron chi connectivity index (χ3n) is 4.67. The van der Waals surface area contributed by atoms with Crippen LogP contribution >= 0.6 is 12.2 Å². The molecule has 0 fully saturated rings. The van der Waals surface area contributed by atoms with Gasteiger partial charge in [-0.2, -0.15) is 0 Å². The maximum absolute atomic E-state index is 11.5. The molecule has 0 saturated heterocycles. The zero-order valence-corrected chi connectivity index (χ0v) is 17.0. The topological polar surface area (TPSA) is 49.3 Å². The van der Waals surface area contributed by atoms with Crippen molar-refractivity contribution in [3.05, 3.63) is 35.9 Å². The highest BCUT2D eigenvalue weighted by Gasteiger charge is 2.18. The van der Waals surface area contributed by atoms with Crippen molar-refractivity contribution in [3.63, 3.8) is 0 Å². The van der Waals surface area contributed by atoms with E-state index >= 15 is 0 Å². The molecule has 4 heteroatoms. The number of thiocarbonyl (C=S) groups is 1. The standard InChI is InChI=1S/C22H35NO2S/c1-2-3-4-5-6-7-8-9-10-14-17-21(26)23-20(22(24)25)18-19-15-12-11-13-16-19/h11-13,15-16,20H,2-10,14,17-18H2,1H3,(H,23,26)(H,24,25)/t20-/m0/s1. The fourth-order valence-electron chi connectivity index (χ4n) is 3.09. The van der Waals surface area contributed by atoms with Crippen LogP contribution in [0.2, 0.25) is 0 Å². The largest absolute Gasteiger partial charge is 0.480 e. The van der Waals surface area contributed by atoms with Gasteiger partial charge >= 0.3 is 5.97 Å². The Balaban J connectivity index is 2.11. The van der Waals surface area contributed by atoms with Crippen LogP contribution in [-0.2, 0) is 11.2 Å². The number of hydrogen-bond donors (Lipinski definition) is 2. The summed E-state index contributed by atoms with van der Waals surface area (Å²) in [6, 6.07) is 9.04. The van der Waals surface area contributed by atoms with Gasteiger partial charge in [-0.15, -0.1) is 0 Å². The molecular weight excluding hydrogens is 342 g/mol. The second kappa shape index (κ2) is 14.7. The molecule has 0 amide bonds. The highest BCUT2D eigenvalue weighted by Crippen LogP contribution is 2.12. The van der Waals surface area contributed by atoms with Crippen molar-refractivity contribution >= 4 is 23.2 Å².